The molecule has 1 nitrogen and oxygen atoms in total. The van der Waals surface area contributed by atoms with E-state index in [0.29, 0.717) is 11.5 Å². The third-order valence-electron chi connectivity index (χ3n) is 5.37. The van der Waals surface area contributed by atoms with Crippen molar-refractivity contribution in [3.05, 3.63) is 35.4 Å². The standard InChI is InChI=1S/C19H31N/c1-5-19(2,3)17-12-10-16(11-13-17)18(20-4)14-15-8-6-7-9-15/h10-13,15,18,20H,5-9,14H2,1-4H3. The Morgan fingerprint density at radius 1 is 1.15 bits per heavy atom. The molecule has 2 rings (SSSR count). The van der Waals surface area contributed by atoms with Crippen LogP contribution in [0.4, 0.5) is 0 Å². The van der Waals surface area contributed by atoms with Gasteiger partial charge in [0.1, 0.15) is 0 Å². The molecule has 1 N–H and O–H groups in total. The fourth-order valence-electron chi connectivity index (χ4n) is 3.37. The van der Waals surface area contributed by atoms with Gasteiger partial charge in [-0.2, -0.15) is 0 Å². The van der Waals surface area contributed by atoms with Crippen LogP contribution in [0.1, 0.15) is 76.5 Å². The molecule has 1 aromatic carbocycles. The van der Waals surface area contributed by atoms with Crippen molar-refractivity contribution in [1.82, 2.24) is 5.32 Å². The van der Waals surface area contributed by atoms with Crippen molar-refractivity contribution in [3.63, 3.8) is 0 Å². The molecule has 1 heteroatoms. The second kappa shape index (κ2) is 6.76. The molecular formula is C19H31N. The highest BCUT2D eigenvalue weighted by atomic mass is 14.9. The minimum Gasteiger partial charge on any atom is -0.313 e. The zero-order chi connectivity index (χ0) is 14.6. The molecule has 0 amide bonds. The maximum atomic E-state index is 3.52. The van der Waals surface area contributed by atoms with Crippen molar-refractivity contribution < 1.29 is 0 Å². The van der Waals surface area contributed by atoms with Gasteiger partial charge >= 0.3 is 0 Å². The van der Waals surface area contributed by atoms with Gasteiger partial charge in [-0.25, -0.2) is 0 Å². The predicted octanol–water partition coefficient (Wildman–Crippen LogP) is 5.22. The summed E-state index contributed by atoms with van der Waals surface area (Å²) >= 11 is 0. The van der Waals surface area contributed by atoms with Gasteiger partial charge in [-0.1, -0.05) is 70.7 Å². The van der Waals surface area contributed by atoms with Gasteiger partial charge in [0.15, 0.2) is 0 Å². The Labute approximate surface area is 125 Å². The molecule has 0 aromatic heterocycles. The van der Waals surface area contributed by atoms with Crippen LogP contribution in [0.25, 0.3) is 0 Å². The molecule has 0 bridgehead atoms. The molecule has 0 heterocycles. The largest absolute Gasteiger partial charge is 0.313 e. The number of rotatable bonds is 6. The van der Waals surface area contributed by atoms with E-state index in [1.54, 1.807) is 0 Å². The van der Waals surface area contributed by atoms with E-state index in [0.717, 1.165) is 5.92 Å². The van der Waals surface area contributed by atoms with Crippen LogP contribution in [0, 0.1) is 5.92 Å². The lowest BCUT2D eigenvalue weighted by Gasteiger charge is -2.25. The monoisotopic (exact) mass is 273 g/mol. The summed E-state index contributed by atoms with van der Waals surface area (Å²) in [5.74, 6) is 0.930. The summed E-state index contributed by atoms with van der Waals surface area (Å²) in [6.07, 6.45) is 8.21. The molecule has 1 atom stereocenters. The fraction of sp³-hybridized carbons (Fsp3) is 0.684. The van der Waals surface area contributed by atoms with Crippen LogP contribution in [0.15, 0.2) is 24.3 Å². The van der Waals surface area contributed by atoms with Gasteiger partial charge in [0, 0.05) is 6.04 Å². The second-order valence-corrected chi connectivity index (χ2v) is 7.09. The fourth-order valence-corrected chi connectivity index (χ4v) is 3.37. The van der Waals surface area contributed by atoms with Crippen molar-refractivity contribution in [2.24, 2.45) is 5.92 Å². The lowest BCUT2D eigenvalue weighted by Crippen LogP contribution is -2.20. The number of nitrogens with one attached hydrogen (secondary N) is 1. The molecule has 1 aliphatic rings. The molecule has 112 valence electrons. The van der Waals surface area contributed by atoms with Crippen molar-refractivity contribution in [3.8, 4) is 0 Å². The predicted molar refractivity (Wildman–Crippen MR) is 88.1 cm³/mol. The van der Waals surface area contributed by atoms with E-state index in [-0.39, 0.29) is 0 Å². The van der Waals surface area contributed by atoms with Gasteiger partial charge in [0.2, 0.25) is 0 Å². The van der Waals surface area contributed by atoms with Gasteiger partial charge in [-0.05, 0) is 42.3 Å². The van der Waals surface area contributed by atoms with E-state index in [1.807, 2.05) is 0 Å². The Morgan fingerprint density at radius 3 is 2.25 bits per heavy atom. The highest BCUT2D eigenvalue weighted by molar-refractivity contribution is 5.29. The van der Waals surface area contributed by atoms with Crippen LogP contribution >= 0.6 is 0 Å². The normalized spacial score (nSPS) is 18.4. The maximum Gasteiger partial charge on any atom is 0.0320 e. The highest BCUT2D eigenvalue weighted by Gasteiger charge is 2.21. The van der Waals surface area contributed by atoms with E-state index in [4.69, 9.17) is 0 Å². The summed E-state index contributed by atoms with van der Waals surface area (Å²) in [7, 11) is 2.10. The molecule has 1 aromatic rings. The second-order valence-electron chi connectivity index (χ2n) is 7.09. The van der Waals surface area contributed by atoms with Crippen LogP contribution in [0.5, 0.6) is 0 Å². The lowest BCUT2D eigenvalue weighted by atomic mass is 9.81. The average molecular weight is 273 g/mol. The van der Waals surface area contributed by atoms with Crippen molar-refractivity contribution in [2.75, 3.05) is 7.05 Å². The molecule has 1 fully saturated rings. The SMILES string of the molecule is CCC(C)(C)c1ccc(C(CC2CCCC2)NC)cc1. The van der Waals surface area contributed by atoms with E-state index in [2.05, 4.69) is 57.4 Å². The Hall–Kier alpha value is -0.820. The average Bonchev–Trinajstić information content (AvgIpc) is 2.98. The summed E-state index contributed by atoms with van der Waals surface area (Å²) in [5.41, 5.74) is 3.20. The van der Waals surface area contributed by atoms with E-state index < -0.39 is 0 Å². The molecule has 20 heavy (non-hydrogen) atoms. The molecule has 0 saturated heterocycles. The van der Waals surface area contributed by atoms with Crippen LogP contribution in [0.3, 0.4) is 0 Å². The van der Waals surface area contributed by atoms with Crippen molar-refractivity contribution >= 4 is 0 Å². The van der Waals surface area contributed by atoms with E-state index in [9.17, 15) is 0 Å². The first kappa shape index (κ1) is 15.6. The van der Waals surface area contributed by atoms with Crippen LogP contribution < -0.4 is 5.32 Å². The minimum absolute atomic E-state index is 0.291. The summed E-state index contributed by atoms with van der Waals surface area (Å²) in [4.78, 5) is 0. The molecular weight excluding hydrogens is 242 g/mol. The Bertz CT molecular complexity index is 398. The van der Waals surface area contributed by atoms with Gasteiger partial charge in [0.25, 0.3) is 0 Å². The Balaban J connectivity index is 2.06. The number of benzene rings is 1. The molecule has 1 unspecified atom stereocenters. The Morgan fingerprint density at radius 2 is 1.75 bits per heavy atom. The number of hydrogen-bond acceptors (Lipinski definition) is 1. The smallest absolute Gasteiger partial charge is 0.0320 e. The third-order valence-corrected chi connectivity index (χ3v) is 5.37. The quantitative estimate of drug-likeness (QED) is 0.749. The lowest BCUT2D eigenvalue weighted by molar-refractivity contribution is 0.413. The zero-order valence-corrected chi connectivity index (χ0v) is 13.7. The highest BCUT2D eigenvalue weighted by Crippen LogP contribution is 2.34. The van der Waals surface area contributed by atoms with Gasteiger partial charge in [-0.3, -0.25) is 0 Å². The summed E-state index contributed by atoms with van der Waals surface area (Å²) in [6.45, 7) is 6.93. The first-order valence-electron chi connectivity index (χ1n) is 8.34. The third kappa shape index (κ3) is 3.63. The molecule has 0 aliphatic heterocycles. The molecule has 0 radical (unpaired) electrons. The van der Waals surface area contributed by atoms with Crippen LogP contribution in [-0.2, 0) is 5.41 Å². The van der Waals surface area contributed by atoms with E-state index >= 15 is 0 Å². The topological polar surface area (TPSA) is 12.0 Å². The summed E-state index contributed by atoms with van der Waals surface area (Å²) < 4.78 is 0. The maximum absolute atomic E-state index is 3.52. The molecule has 1 saturated carbocycles. The minimum atomic E-state index is 0.291. The first-order valence-corrected chi connectivity index (χ1v) is 8.34. The van der Waals surface area contributed by atoms with E-state index in [1.165, 1.54) is 49.7 Å². The number of hydrogen-bond donors (Lipinski definition) is 1. The van der Waals surface area contributed by atoms with Crippen molar-refractivity contribution in [2.45, 2.75) is 70.8 Å². The first-order chi connectivity index (χ1) is 9.56. The summed E-state index contributed by atoms with van der Waals surface area (Å²) in [6, 6.07) is 9.86. The van der Waals surface area contributed by atoms with Gasteiger partial charge < -0.3 is 5.32 Å². The zero-order valence-electron chi connectivity index (χ0n) is 13.7. The summed E-state index contributed by atoms with van der Waals surface area (Å²) in [5, 5.41) is 3.52. The van der Waals surface area contributed by atoms with Gasteiger partial charge in [0.05, 0.1) is 0 Å². The molecule has 1 aliphatic carbocycles. The van der Waals surface area contributed by atoms with Crippen molar-refractivity contribution in [1.29, 1.82) is 0 Å². The van der Waals surface area contributed by atoms with Gasteiger partial charge in [-0.15, -0.1) is 0 Å². The van der Waals surface area contributed by atoms with Crippen LogP contribution in [-0.4, -0.2) is 7.05 Å². The van der Waals surface area contributed by atoms with Crippen LogP contribution in [0.2, 0.25) is 0 Å². The molecule has 0 spiro atoms. The Kier molecular flexibility index (Phi) is 5.26.